The van der Waals surface area contributed by atoms with Crippen molar-refractivity contribution < 1.29 is 13.9 Å². The molecule has 0 amide bonds. The number of carbonyl (C=O) groups excluding carboxylic acids is 1. The highest BCUT2D eigenvalue weighted by atomic mass is 16.5. The Morgan fingerprint density at radius 2 is 2.40 bits per heavy atom. The lowest BCUT2D eigenvalue weighted by atomic mass is 10.2. The Morgan fingerprint density at radius 1 is 1.67 bits per heavy atom. The molecule has 82 valence electrons. The number of hydrogen-bond acceptors (Lipinski definition) is 3. The second-order valence-electron chi connectivity index (χ2n) is 3.23. The van der Waals surface area contributed by atoms with Gasteiger partial charge in [0, 0.05) is 6.42 Å². The van der Waals surface area contributed by atoms with Gasteiger partial charge in [0.25, 0.3) is 0 Å². The summed E-state index contributed by atoms with van der Waals surface area (Å²) in [5, 5.41) is 0. The summed E-state index contributed by atoms with van der Waals surface area (Å²) in [5.74, 6) is 1.10. The summed E-state index contributed by atoms with van der Waals surface area (Å²) in [5.41, 5.74) is 0.524. The molecule has 0 saturated heterocycles. The van der Waals surface area contributed by atoms with Gasteiger partial charge in [-0.3, -0.25) is 0 Å². The van der Waals surface area contributed by atoms with Crippen molar-refractivity contribution in [1.29, 1.82) is 0 Å². The summed E-state index contributed by atoms with van der Waals surface area (Å²) in [6.07, 6.45) is 3.43. The van der Waals surface area contributed by atoms with E-state index in [1.54, 1.807) is 19.9 Å². The molecule has 0 N–H and O–H groups in total. The predicted molar refractivity (Wildman–Crippen MR) is 57.9 cm³/mol. The Morgan fingerprint density at radius 3 is 3.00 bits per heavy atom. The maximum atomic E-state index is 11.5. The minimum Gasteiger partial charge on any atom is -0.465 e. The molecule has 0 radical (unpaired) electrons. The van der Waals surface area contributed by atoms with Gasteiger partial charge in [-0.2, -0.15) is 0 Å². The molecule has 0 unspecified atom stereocenters. The van der Waals surface area contributed by atoms with Crippen LogP contribution in [0.1, 0.15) is 35.2 Å². The van der Waals surface area contributed by atoms with Crippen LogP contribution in [0.5, 0.6) is 0 Å². The zero-order valence-electron chi connectivity index (χ0n) is 9.21. The summed E-state index contributed by atoms with van der Waals surface area (Å²) in [6, 6.07) is 1.75. The van der Waals surface area contributed by atoms with Crippen molar-refractivity contribution in [2.75, 3.05) is 6.61 Å². The van der Waals surface area contributed by atoms with Gasteiger partial charge in [0.2, 0.25) is 0 Å². The van der Waals surface area contributed by atoms with Crippen LogP contribution in [0.2, 0.25) is 0 Å². The second-order valence-corrected chi connectivity index (χ2v) is 3.23. The predicted octanol–water partition coefficient (Wildman–Crippen LogP) is 2.88. The minimum absolute atomic E-state index is 0.316. The topological polar surface area (TPSA) is 39.4 Å². The molecule has 0 saturated carbocycles. The SMILES string of the molecule is C=CCCc1cc(C(=O)OCC)c(C)o1. The number of ether oxygens (including phenoxy) is 1. The van der Waals surface area contributed by atoms with Gasteiger partial charge in [0.05, 0.1) is 6.61 Å². The molecular formula is C12H16O3. The molecule has 0 spiro atoms. The minimum atomic E-state index is -0.316. The Kier molecular flexibility index (Phi) is 4.16. The van der Waals surface area contributed by atoms with E-state index in [1.165, 1.54) is 0 Å². The zero-order chi connectivity index (χ0) is 11.3. The van der Waals surface area contributed by atoms with Crippen LogP contribution in [-0.4, -0.2) is 12.6 Å². The van der Waals surface area contributed by atoms with Gasteiger partial charge in [-0.15, -0.1) is 6.58 Å². The molecule has 1 aromatic heterocycles. The molecule has 0 fully saturated rings. The normalized spacial score (nSPS) is 10.0. The lowest BCUT2D eigenvalue weighted by Crippen LogP contribution is -2.04. The first-order valence-electron chi connectivity index (χ1n) is 5.06. The molecule has 0 aliphatic heterocycles. The van der Waals surface area contributed by atoms with Gasteiger partial charge < -0.3 is 9.15 Å². The molecule has 1 heterocycles. The Labute approximate surface area is 89.7 Å². The Bertz CT molecular complexity index is 350. The molecule has 1 rings (SSSR count). The van der Waals surface area contributed by atoms with E-state index in [-0.39, 0.29) is 5.97 Å². The van der Waals surface area contributed by atoms with E-state index < -0.39 is 0 Å². The number of hydrogen-bond donors (Lipinski definition) is 0. The fourth-order valence-electron chi connectivity index (χ4n) is 1.32. The summed E-state index contributed by atoms with van der Waals surface area (Å²) in [4.78, 5) is 11.5. The van der Waals surface area contributed by atoms with Crippen molar-refractivity contribution in [1.82, 2.24) is 0 Å². The average molecular weight is 208 g/mol. The van der Waals surface area contributed by atoms with Crippen molar-refractivity contribution in [3.8, 4) is 0 Å². The van der Waals surface area contributed by atoms with Crippen molar-refractivity contribution >= 4 is 5.97 Å². The average Bonchev–Trinajstić information content (AvgIpc) is 2.57. The van der Waals surface area contributed by atoms with Gasteiger partial charge in [-0.05, 0) is 26.3 Å². The highest BCUT2D eigenvalue weighted by Gasteiger charge is 2.15. The molecule has 0 aliphatic carbocycles. The fraction of sp³-hybridized carbons (Fsp3) is 0.417. The van der Waals surface area contributed by atoms with Crippen molar-refractivity contribution in [2.24, 2.45) is 0 Å². The van der Waals surface area contributed by atoms with E-state index in [0.29, 0.717) is 17.9 Å². The highest BCUT2D eigenvalue weighted by molar-refractivity contribution is 5.90. The van der Waals surface area contributed by atoms with Crippen molar-refractivity contribution in [3.05, 3.63) is 35.8 Å². The van der Waals surface area contributed by atoms with Crippen LogP contribution in [0.3, 0.4) is 0 Å². The molecule has 0 atom stereocenters. The number of carbonyl (C=O) groups is 1. The first-order valence-corrected chi connectivity index (χ1v) is 5.06. The largest absolute Gasteiger partial charge is 0.465 e. The van der Waals surface area contributed by atoms with E-state index in [9.17, 15) is 4.79 Å². The van der Waals surface area contributed by atoms with Crippen LogP contribution < -0.4 is 0 Å². The molecule has 0 aliphatic rings. The molecule has 3 heteroatoms. The second kappa shape index (κ2) is 5.39. The highest BCUT2D eigenvalue weighted by Crippen LogP contribution is 2.17. The van der Waals surface area contributed by atoms with Crippen LogP contribution >= 0.6 is 0 Å². The maximum Gasteiger partial charge on any atom is 0.341 e. The third-order valence-corrected chi connectivity index (χ3v) is 2.06. The van der Waals surface area contributed by atoms with Crippen LogP contribution in [0.15, 0.2) is 23.1 Å². The number of allylic oxidation sites excluding steroid dienone is 1. The summed E-state index contributed by atoms with van der Waals surface area (Å²) in [6.45, 7) is 7.57. The number of furan rings is 1. The molecule has 0 aromatic carbocycles. The monoisotopic (exact) mass is 208 g/mol. The standard InChI is InChI=1S/C12H16O3/c1-4-6-7-10-8-11(9(3)15-10)12(13)14-5-2/h4,8H,1,5-7H2,2-3H3. The fourth-order valence-corrected chi connectivity index (χ4v) is 1.32. The van der Waals surface area contributed by atoms with E-state index in [2.05, 4.69) is 6.58 Å². The first-order chi connectivity index (χ1) is 7.19. The van der Waals surface area contributed by atoms with Crippen molar-refractivity contribution in [3.63, 3.8) is 0 Å². The lowest BCUT2D eigenvalue weighted by molar-refractivity contribution is 0.0524. The van der Waals surface area contributed by atoms with Gasteiger partial charge >= 0.3 is 5.97 Å². The molecule has 3 nitrogen and oxygen atoms in total. The number of aryl methyl sites for hydroxylation is 2. The molecular weight excluding hydrogens is 192 g/mol. The maximum absolute atomic E-state index is 11.5. The van der Waals surface area contributed by atoms with E-state index >= 15 is 0 Å². The number of esters is 1. The summed E-state index contributed by atoms with van der Waals surface area (Å²) < 4.78 is 10.3. The van der Waals surface area contributed by atoms with E-state index in [4.69, 9.17) is 9.15 Å². The first kappa shape index (κ1) is 11.6. The Hall–Kier alpha value is -1.51. The quantitative estimate of drug-likeness (QED) is 0.551. The van der Waals surface area contributed by atoms with Gasteiger partial charge in [0.1, 0.15) is 17.1 Å². The number of rotatable bonds is 5. The van der Waals surface area contributed by atoms with Crippen LogP contribution in [-0.2, 0) is 11.2 Å². The van der Waals surface area contributed by atoms with Crippen LogP contribution in [0, 0.1) is 6.92 Å². The van der Waals surface area contributed by atoms with E-state index in [1.807, 2.05) is 6.08 Å². The van der Waals surface area contributed by atoms with Gasteiger partial charge in [0.15, 0.2) is 0 Å². The van der Waals surface area contributed by atoms with Crippen LogP contribution in [0.4, 0.5) is 0 Å². The van der Waals surface area contributed by atoms with Crippen LogP contribution in [0.25, 0.3) is 0 Å². The third-order valence-electron chi connectivity index (χ3n) is 2.06. The summed E-state index contributed by atoms with van der Waals surface area (Å²) in [7, 11) is 0. The van der Waals surface area contributed by atoms with E-state index in [0.717, 1.165) is 18.6 Å². The summed E-state index contributed by atoms with van der Waals surface area (Å²) >= 11 is 0. The van der Waals surface area contributed by atoms with Gasteiger partial charge in [-0.25, -0.2) is 4.79 Å². The van der Waals surface area contributed by atoms with Gasteiger partial charge in [-0.1, -0.05) is 6.08 Å². The third kappa shape index (κ3) is 2.98. The zero-order valence-corrected chi connectivity index (χ0v) is 9.21. The smallest absolute Gasteiger partial charge is 0.341 e. The molecule has 1 aromatic rings. The molecule has 15 heavy (non-hydrogen) atoms. The lowest BCUT2D eigenvalue weighted by Gasteiger charge is -1.97. The Balaban J connectivity index is 2.76. The molecule has 0 bridgehead atoms. The van der Waals surface area contributed by atoms with Crippen molar-refractivity contribution in [2.45, 2.75) is 26.7 Å².